The highest BCUT2D eigenvalue weighted by Crippen LogP contribution is 2.44. The number of rotatable bonds is 3. The first-order chi connectivity index (χ1) is 7.83. The maximum absolute atomic E-state index is 4.58. The molecule has 1 heterocycles. The van der Waals surface area contributed by atoms with Gasteiger partial charge in [-0.2, -0.15) is 0 Å². The van der Waals surface area contributed by atoms with Gasteiger partial charge in [0.15, 0.2) is 0 Å². The Labute approximate surface area is 106 Å². The molecule has 0 spiro atoms. The van der Waals surface area contributed by atoms with Gasteiger partial charge in [-0.05, 0) is 43.9 Å². The van der Waals surface area contributed by atoms with E-state index < -0.39 is 0 Å². The molecule has 0 radical (unpaired) electrons. The standard InChI is InChI=1S/C13H19BrN2/c14-8-13(6-3-7-13)9-16-10-15-11-4-1-2-5-12(11)16/h10H,1-9H2. The van der Waals surface area contributed by atoms with Crippen molar-refractivity contribution in [1.29, 1.82) is 0 Å². The molecule has 0 amide bonds. The molecule has 2 aliphatic carbocycles. The predicted molar refractivity (Wildman–Crippen MR) is 68.9 cm³/mol. The van der Waals surface area contributed by atoms with E-state index in [1.54, 1.807) is 0 Å². The van der Waals surface area contributed by atoms with E-state index in [1.807, 2.05) is 0 Å². The number of nitrogens with zero attached hydrogens (tertiary/aromatic N) is 2. The summed E-state index contributed by atoms with van der Waals surface area (Å²) in [6.07, 6.45) is 11.4. The topological polar surface area (TPSA) is 17.8 Å². The van der Waals surface area contributed by atoms with Crippen LogP contribution in [0.15, 0.2) is 6.33 Å². The number of aryl methyl sites for hydroxylation is 1. The Morgan fingerprint density at radius 2 is 2.06 bits per heavy atom. The largest absolute Gasteiger partial charge is 0.334 e. The zero-order chi connectivity index (χ0) is 11.0. The fraction of sp³-hybridized carbons (Fsp3) is 0.769. The fourth-order valence-corrected chi connectivity index (χ4v) is 3.78. The SMILES string of the molecule is BrCC1(Cn2cnc3c2CCCC3)CCC1. The Hall–Kier alpha value is -0.310. The molecule has 3 rings (SSSR count). The normalized spacial score (nSPS) is 22.6. The number of fused-ring (bicyclic) bond motifs is 1. The molecule has 0 saturated heterocycles. The van der Waals surface area contributed by atoms with Gasteiger partial charge in [0.1, 0.15) is 0 Å². The highest BCUT2D eigenvalue weighted by Gasteiger charge is 2.36. The Morgan fingerprint density at radius 1 is 1.25 bits per heavy atom. The van der Waals surface area contributed by atoms with Crippen LogP contribution in [0, 0.1) is 5.41 Å². The Bertz CT molecular complexity index is 374. The minimum absolute atomic E-state index is 0.534. The quantitative estimate of drug-likeness (QED) is 0.778. The molecule has 16 heavy (non-hydrogen) atoms. The van der Waals surface area contributed by atoms with Gasteiger partial charge in [-0.1, -0.05) is 22.4 Å². The lowest BCUT2D eigenvalue weighted by Crippen LogP contribution is -2.36. The van der Waals surface area contributed by atoms with Crippen LogP contribution in [0.4, 0.5) is 0 Å². The van der Waals surface area contributed by atoms with Crippen molar-refractivity contribution in [2.24, 2.45) is 5.41 Å². The first kappa shape index (κ1) is 10.8. The predicted octanol–water partition coefficient (Wildman–Crippen LogP) is 3.33. The highest BCUT2D eigenvalue weighted by atomic mass is 79.9. The Balaban J connectivity index is 1.81. The van der Waals surface area contributed by atoms with Gasteiger partial charge in [0.25, 0.3) is 0 Å². The molecule has 1 aromatic heterocycles. The number of imidazole rings is 1. The van der Waals surface area contributed by atoms with Crippen molar-refractivity contribution in [3.63, 3.8) is 0 Å². The molecule has 0 bridgehead atoms. The van der Waals surface area contributed by atoms with Crippen LogP contribution < -0.4 is 0 Å². The van der Waals surface area contributed by atoms with Crippen molar-refractivity contribution in [3.05, 3.63) is 17.7 Å². The van der Waals surface area contributed by atoms with Crippen LogP contribution in [0.5, 0.6) is 0 Å². The number of halogens is 1. The van der Waals surface area contributed by atoms with Crippen molar-refractivity contribution < 1.29 is 0 Å². The summed E-state index contributed by atoms with van der Waals surface area (Å²) in [4.78, 5) is 4.58. The molecule has 0 atom stereocenters. The molecule has 2 aliphatic rings. The Kier molecular flexibility index (Phi) is 2.82. The molecule has 88 valence electrons. The van der Waals surface area contributed by atoms with Crippen molar-refractivity contribution in [2.75, 3.05) is 5.33 Å². The third kappa shape index (κ3) is 1.73. The lowest BCUT2D eigenvalue weighted by Gasteiger charge is -2.41. The average Bonchev–Trinajstić information content (AvgIpc) is 2.67. The van der Waals surface area contributed by atoms with Crippen LogP contribution >= 0.6 is 15.9 Å². The number of alkyl halides is 1. The second-order valence-corrected chi connectivity index (χ2v) is 6.02. The van der Waals surface area contributed by atoms with E-state index in [-0.39, 0.29) is 0 Å². The van der Waals surface area contributed by atoms with Crippen molar-refractivity contribution in [2.45, 2.75) is 51.5 Å². The number of hydrogen-bond acceptors (Lipinski definition) is 1. The van der Waals surface area contributed by atoms with Gasteiger partial charge < -0.3 is 4.57 Å². The van der Waals surface area contributed by atoms with Crippen LogP contribution in [-0.4, -0.2) is 14.9 Å². The fourth-order valence-electron chi connectivity index (χ4n) is 3.04. The van der Waals surface area contributed by atoms with Gasteiger partial charge in [-0.3, -0.25) is 0 Å². The van der Waals surface area contributed by atoms with Crippen LogP contribution in [-0.2, 0) is 19.4 Å². The summed E-state index contributed by atoms with van der Waals surface area (Å²) in [5, 5.41) is 1.15. The molecule has 1 aromatic rings. The third-order valence-electron chi connectivity index (χ3n) is 4.31. The van der Waals surface area contributed by atoms with Gasteiger partial charge in [0.2, 0.25) is 0 Å². The Morgan fingerprint density at radius 3 is 2.75 bits per heavy atom. The minimum Gasteiger partial charge on any atom is -0.334 e. The molecule has 0 unspecified atom stereocenters. The first-order valence-electron chi connectivity index (χ1n) is 6.42. The van der Waals surface area contributed by atoms with E-state index in [2.05, 4.69) is 31.8 Å². The van der Waals surface area contributed by atoms with E-state index in [9.17, 15) is 0 Å². The molecule has 0 aliphatic heterocycles. The van der Waals surface area contributed by atoms with Gasteiger partial charge >= 0.3 is 0 Å². The zero-order valence-corrected chi connectivity index (χ0v) is 11.3. The van der Waals surface area contributed by atoms with E-state index in [0.29, 0.717) is 5.41 Å². The van der Waals surface area contributed by atoms with Crippen molar-refractivity contribution in [3.8, 4) is 0 Å². The lowest BCUT2D eigenvalue weighted by atomic mass is 9.70. The molecule has 3 heteroatoms. The highest BCUT2D eigenvalue weighted by molar-refractivity contribution is 9.09. The molecule has 0 N–H and O–H groups in total. The smallest absolute Gasteiger partial charge is 0.0951 e. The summed E-state index contributed by atoms with van der Waals surface area (Å²) in [6.45, 7) is 1.18. The van der Waals surface area contributed by atoms with Crippen molar-refractivity contribution >= 4 is 15.9 Å². The van der Waals surface area contributed by atoms with E-state index >= 15 is 0 Å². The number of hydrogen-bond donors (Lipinski definition) is 0. The summed E-state index contributed by atoms with van der Waals surface area (Å²) < 4.78 is 2.44. The van der Waals surface area contributed by atoms with Crippen LogP contribution in [0.25, 0.3) is 0 Å². The van der Waals surface area contributed by atoms with Gasteiger partial charge in [-0.15, -0.1) is 0 Å². The molecule has 2 nitrogen and oxygen atoms in total. The summed E-state index contributed by atoms with van der Waals surface area (Å²) in [7, 11) is 0. The first-order valence-corrected chi connectivity index (χ1v) is 7.54. The number of aromatic nitrogens is 2. The molecular formula is C13H19BrN2. The van der Waals surface area contributed by atoms with Crippen molar-refractivity contribution in [1.82, 2.24) is 9.55 Å². The third-order valence-corrected chi connectivity index (χ3v) is 5.50. The molecule has 0 aromatic carbocycles. The minimum atomic E-state index is 0.534. The summed E-state index contributed by atoms with van der Waals surface area (Å²) >= 11 is 3.69. The summed E-state index contributed by atoms with van der Waals surface area (Å²) in [5.74, 6) is 0. The van der Waals surface area contributed by atoms with E-state index in [1.165, 1.54) is 62.9 Å². The van der Waals surface area contributed by atoms with Gasteiger partial charge in [-0.25, -0.2) is 4.98 Å². The van der Waals surface area contributed by atoms with Crippen LogP contribution in [0.1, 0.15) is 43.5 Å². The summed E-state index contributed by atoms with van der Waals surface area (Å²) in [6, 6.07) is 0. The summed E-state index contributed by atoms with van der Waals surface area (Å²) in [5.41, 5.74) is 3.43. The van der Waals surface area contributed by atoms with E-state index in [4.69, 9.17) is 0 Å². The maximum Gasteiger partial charge on any atom is 0.0951 e. The van der Waals surface area contributed by atoms with Crippen LogP contribution in [0.3, 0.4) is 0 Å². The molecule has 1 saturated carbocycles. The monoisotopic (exact) mass is 282 g/mol. The van der Waals surface area contributed by atoms with Crippen LogP contribution in [0.2, 0.25) is 0 Å². The second kappa shape index (κ2) is 4.17. The average molecular weight is 283 g/mol. The van der Waals surface area contributed by atoms with Gasteiger partial charge in [0.05, 0.1) is 12.0 Å². The second-order valence-electron chi connectivity index (χ2n) is 5.46. The van der Waals surface area contributed by atoms with Gasteiger partial charge in [0, 0.05) is 17.6 Å². The molecule has 1 fully saturated rings. The maximum atomic E-state index is 4.58. The molecular weight excluding hydrogens is 264 g/mol. The lowest BCUT2D eigenvalue weighted by molar-refractivity contribution is 0.138. The van der Waals surface area contributed by atoms with E-state index in [0.717, 1.165) is 5.33 Å². The zero-order valence-electron chi connectivity index (χ0n) is 9.71.